The summed E-state index contributed by atoms with van der Waals surface area (Å²) in [5.41, 5.74) is 1.45. The molecule has 1 fully saturated rings. The number of methoxy groups -OCH3 is 1. The number of hydrogen-bond acceptors (Lipinski definition) is 4. The smallest absolute Gasteiger partial charge is 0.329 e. The highest BCUT2D eigenvalue weighted by molar-refractivity contribution is 5.81. The minimum Gasteiger partial charge on any atom is -0.469 e. The van der Waals surface area contributed by atoms with Crippen molar-refractivity contribution in [3.63, 3.8) is 0 Å². The van der Waals surface area contributed by atoms with Gasteiger partial charge in [0.15, 0.2) is 0 Å². The van der Waals surface area contributed by atoms with Gasteiger partial charge in [0.25, 0.3) is 0 Å². The van der Waals surface area contributed by atoms with E-state index in [4.69, 9.17) is 4.74 Å². The van der Waals surface area contributed by atoms with E-state index in [1.54, 1.807) is 9.47 Å². The average Bonchev–Trinajstić information content (AvgIpc) is 2.92. The van der Waals surface area contributed by atoms with E-state index in [2.05, 4.69) is 0 Å². The normalized spacial score (nSPS) is 15.5. The zero-order valence-corrected chi connectivity index (χ0v) is 14.6. The molecule has 1 aliphatic rings. The summed E-state index contributed by atoms with van der Waals surface area (Å²) in [6.45, 7) is 3.53. The summed E-state index contributed by atoms with van der Waals surface area (Å²) in [6.07, 6.45) is 1.20. The summed E-state index contributed by atoms with van der Waals surface area (Å²) >= 11 is 0. The second-order valence-electron chi connectivity index (χ2n) is 6.28. The highest BCUT2D eigenvalue weighted by atomic mass is 16.5. The van der Waals surface area contributed by atoms with Gasteiger partial charge in [-0.3, -0.25) is 18.7 Å². The van der Waals surface area contributed by atoms with Crippen LogP contribution in [0, 0.1) is 5.92 Å². The molecule has 1 amide bonds. The largest absolute Gasteiger partial charge is 0.469 e. The van der Waals surface area contributed by atoms with Crippen molar-refractivity contribution in [2.75, 3.05) is 20.2 Å². The number of hydrogen-bond donors (Lipinski definition) is 0. The van der Waals surface area contributed by atoms with E-state index in [-0.39, 0.29) is 30.0 Å². The molecule has 25 heavy (non-hydrogen) atoms. The summed E-state index contributed by atoms with van der Waals surface area (Å²) in [6, 6.07) is 7.50. The van der Waals surface area contributed by atoms with Gasteiger partial charge in [-0.25, -0.2) is 4.79 Å². The van der Waals surface area contributed by atoms with Crippen LogP contribution in [-0.2, 0) is 27.4 Å². The van der Waals surface area contributed by atoms with Crippen molar-refractivity contribution >= 4 is 22.9 Å². The van der Waals surface area contributed by atoms with E-state index in [1.165, 1.54) is 11.7 Å². The van der Waals surface area contributed by atoms with Crippen LogP contribution in [0.25, 0.3) is 11.0 Å². The molecule has 1 saturated heterocycles. The number of fused-ring (bicyclic) bond motifs is 1. The predicted molar refractivity (Wildman–Crippen MR) is 93.2 cm³/mol. The molecule has 0 saturated carbocycles. The SMILES string of the molecule is CCn1c(=O)n(CC(=O)N2CCC(C(=O)OC)CC2)c2ccccc21. The third-order valence-corrected chi connectivity index (χ3v) is 4.92. The quantitative estimate of drug-likeness (QED) is 0.782. The van der Waals surface area contributed by atoms with E-state index in [0.29, 0.717) is 32.5 Å². The van der Waals surface area contributed by atoms with E-state index in [0.717, 1.165) is 11.0 Å². The number of para-hydroxylation sites is 2. The van der Waals surface area contributed by atoms with E-state index in [9.17, 15) is 14.4 Å². The first-order valence-electron chi connectivity index (χ1n) is 8.60. The summed E-state index contributed by atoms with van der Waals surface area (Å²) in [7, 11) is 1.38. The van der Waals surface area contributed by atoms with Gasteiger partial charge in [0, 0.05) is 19.6 Å². The Morgan fingerprint density at radius 2 is 1.72 bits per heavy atom. The topological polar surface area (TPSA) is 73.5 Å². The van der Waals surface area contributed by atoms with Crippen molar-refractivity contribution in [1.29, 1.82) is 0 Å². The fourth-order valence-electron chi connectivity index (χ4n) is 3.50. The number of piperidine rings is 1. The van der Waals surface area contributed by atoms with Gasteiger partial charge in [-0.05, 0) is 31.9 Å². The molecule has 0 bridgehead atoms. The fourth-order valence-corrected chi connectivity index (χ4v) is 3.50. The molecule has 0 aliphatic carbocycles. The molecule has 1 aromatic heterocycles. The molecule has 0 radical (unpaired) electrons. The summed E-state index contributed by atoms with van der Waals surface area (Å²) in [4.78, 5) is 38.6. The number of likely N-dealkylation sites (tertiary alicyclic amines) is 1. The Bertz CT molecular complexity index is 844. The molecule has 2 heterocycles. The molecular formula is C18H23N3O4. The summed E-state index contributed by atoms with van der Waals surface area (Å²) in [5, 5.41) is 0. The van der Waals surface area contributed by atoms with Gasteiger partial charge < -0.3 is 9.64 Å². The van der Waals surface area contributed by atoms with Crippen LogP contribution in [-0.4, -0.2) is 46.1 Å². The van der Waals surface area contributed by atoms with Gasteiger partial charge in [0.1, 0.15) is 6.54 Å². The highest BCUT2D eigenvalue weighted by Crippen LogP contribution is 2.19. The summed E-state index contributed by atoms with van der Waals surface area (Å²) < 4.78 is 7.98. The maximum atomic E-state index is 12.6. The molecule has 1 aliphatic heterocycles. The number of carbonyl (C=O) groups excluding carboxylic acids is 2. The number of nitrogens with zero attached hydrogens (tertiary/aromatic N) is 3. The molecule has 2 aromatic rings. The van der Waals surface area contributed by atoms with Crippen molar-refractivity contribution in [3.05, 3.63) is 34.7 Å². The van der Waals surface area contributed by atoms with E-state index >= 15 is 0 Å². The zero-order chi connectivity index (χ0) is 18.0. The molecule has 7 heteroatoms. The lowest BCUT2D eigenvalue weighted by molar-refractivity contribution is -0.149. The van der Waals surface area contributed by atoms with E-state index < -0.39 is 0 Å². The molecule has 0 N–H and O–H groups in total. The second kappa shape index (κ2) is 7.13. The zero-order valence-electron chi connectivity index (χ0n) is 14.6. The maximum absolute atomic E-state index is 12.6. The van der Waals surface area contributed by atoms with Crippen molar-refractivity contribution in [2.45, 2.75) is 32.9 Å². The molecule has 0 spiro atoms. The Kier molecular flexibility index (Phi) is 4.92. The first-order chi connectivity index (χ1) is 12.1. The Balaban J connectivity index is 1.76. The van der Waals surface area contributed by atoms with Gasteiger partial charge in [0.2, 0.25) is 5.91 Å². The van der Waals surface area contributed by atoms with Crippen LogP contribution in [0.3, 0.4) is 0 Å². The molecular weight excluding hydrogens is 322 g/mol. The van der Waals surface area contributed by atoms with Crippen molar-refractivity contribution in [1.82, 2.24) is 14.0 Å². The summed E-state index contributed by atoms with van der Waals surface area (Å²) in [5.74, 6) is -0.447. The van der Waals surface area contributed by atoms with Crippen molar-refractivity contribution in [2.24, 2.45) is 5.92 Å². The Morgan fingerprint density at radius 3 is 2.28 bits per heavy atom. The number of amides is 1. The number of aromatic nitrogens is 2. The predicted octanol–water partition coefficient (Wildman–Crippen LogP) is 1.23. The van der Waals surface area contributed by atoms with Crippen LogP contribution in [0.1, 0.15) is 19.8 Å². The first kappa shape index (κ1) is 17.3. The van der Waals surface area contributed by atoms with Gasteiger partial charge in [-0.15, -0.1) is 0 Å². The van der Waals surface area contributed by atoms with Crippen LogP contribution in [0.5, 0.6) is 0 Å². The number of rotatable bonds is 4. The van der Waals surface area contributed by atoms with Gasteiger partial charge in [-0.1, -0.05) is 12.1 Å². The van der Waals surface area contributed by atoms with Crippen LogP contribution in [0.15, 0.2) is 29.1 Å². The number of benzene rings is 1. The lowest BCUT2D eigenvalue weighted by Crippen LogP contribution is -2.43. The molecule has 7 nitrogen and oxygen atoms in total. The van der Waals surface area contributed by atoms with Crippen LogP contribution in [0.2, 0.25) is 0 Å². The first-order valence-corrected chi connectivity index (χ1v) is 8.60. The number of imidazole rings is 1. The van der Waals surface area contributed by atoms with Crippen LogP contribution >= 0.6 is 0 Å². The third-order valence-electron chi connectivity index (χ3n) is 4.92. The average molecular weight is 345 g/mol. The van der Waals surface area contributed by atoms with Crippen molar-refractivity contribution < 1.29 is 14.3 Å². The minimum atomic E-state index is -0.214. The monoisotopic (exact) mass is 345 g/mol. The van der Waals surface area contributed by atoms with Crippen LogP contribution < -0.4 is 5.69 Å². The highest BCUT2D eigenvalue weighted by Gasteiger charge is 2.28. The van der Waals surface area contributed by atoms with Crippen molar-refractivity contribution in [3.8, 4) is 0 Å². The number of esters is 1. The Hall–Kier alpha value is -2.57. The maximum Gasteiger partial charge on any atom is 0.329 e. The third kappa shape index (κ3) is 3.18. The number of aryl methyl sites for hydroxylation is 1. The second-order valence-corrected chi connectivity index (χ2v) is 6.28. The lowest BCUT2D eigenvalue weighted by Gasteiger charge is -2.30. The molecule has 3 rings (SSSR count). The van der Waals surface area contributed by atoms with Gasteiger partial charge >= 0.3 is 11.7 Å². The molecule has 0 atom stereocenters. The molecule has 1 aromatic carbocycles. The standard InChI is InChI=1S/C18H23N3O4/c1-3-20-14-6-4-5-7-15(14)21(18(20)24)12-16(22)19-10-8-13(9-11-19)17(23)25-2/h4-7,13H,3,8-12H2,1-2H3. The van der Waals surface area contributed by atoms with Gasteiger partial charge in [0.05, 0.1) is 24.1 Å². The number of ether oxygens (including phenoxy) is 1. The minimum absolute atomic E-state index is 0.0231. The van der Waals surface area contributed by atoms with Gasteiger partial charge in [-0.2, -0.15) is 0 Å². The van der Waals surface area contributed by atoms with Crippen LogP contribution in [0.4, 0.5) is 0 Å². The molecule has 0 unspecified atom stereocenters. The molecule has 134 valence electrons. The fraction of sp³-hybridized carbons (Fsp3) is 0.500. The van der Waals surface area contributed by atoms with E-state index in [1.807, 2.05) is 31.2 Å². The Morgan fingerprint density at radius 1 is 1.12 bits per heavy atom. The Labute approximate surface area is 145 Å². The lowest BCUT2D eigenvalue weighted by atomic mass is 9.97. The number of carbonyl (C=O) groups is 2.